The maximum absolute atomic E-state index is 11.0. The van der Waals surface area contributed by atoms with Gasteiger partial charge in [-0.25, -0.2) is 4.98 Å². The van der Waals surface area contributed by atoms with Gasteiger partial charge < -0.3 is 10.0 Å². The van der Waals surface area contributed by atoms with Crippen LogP contribution in [0.15, 0.2) is 6.07 Å². The van der Waals surface area contributed by atoms with Crippen LogP contribution in [-0.4, -0.2) is 43.7 Å². The molecule has 1 atom stereocenters. The third kappa shape index (κ3) is 2.00. The van der Waals surface area contributed by atoms with Gasteiger partial charge >= 0.3 is 5.97 Å². The zero-order chi connectivity index (χ0) is 13.6. The van der Waals surface area contributed by atoms with Crippen LogP contribution < -0.4 is 4.90 Å². The average Bonchev–Trinajstić information content (AvgIpc) is 2.92. The Bertz CT molecular complexity index is 651. The first kappa shape index (κ1) is 11.9. The molecule has 100 valence electrons. The van der Waals surface area contributed by atoms with Crippen molar-refractivity contribution < 1.29 is 9.90 Å². The molecule has 1 N–H and O–H groups in total. The molecular formula is C12H15N5O2. The summed E-state index contributed by atoms with van der Waals surface area (Å²) in [5, 5.41) is 13.4. The van der Waals surface area contributed by atoms with Crippen LogP contribution in [0.2, 0.25) is 0 Å². The highest BCUT2D eigenvalue weighted by molar-refractivity contribution is 5.71. The molecular weight excluding hydrogens is 246 g/mol. The van der Waals surface area contributed by atoms with E-state index < -0.39 is 5.97 Å². The number of carboxylic acids is 1. The minimum absolute atomic E-state index is 0.331. The monoisotopic (exact) mass is 261 g/mol. The summed E-state index contributed by atoms with van der Waals surface area (Å²) in [5.74, 6) is 0.0371. The summed E-state index contributed by atoms with van der Waals surface area (Å²) in [6.45, 7) is 5.00. The molecule has 0 bridgehead atoms. The van der Waals surface area contributed by atoms with Crippen molar-refractivity contribution in [3.05, 3.63) is 17.5 Å². The SMILES string of the molecule is Cc1cc(C)n2nc(N3CCC(C(=O)O)C3)nc2n1. The number of carbonyl (C=O) groups is 1. The molecule has 2 aromatic heterocycles. The zero-order valence-corrected chi connectivity index (χ0v) is 10.9. The highest BCUT2D eigenvalue weighted by Gasteiger charge is 2.30. The fourth-order valence-electron chi connectivity index (χ4n) is 2.43. The summed E-state index contributed by atoms with van der Waals surface area (Å²) in [4.78, 5) is 21.6. The lowest BCUT2D eigenvalue weighted by molar-refractivity contribution is -0.140. The number of carboxylic acid groups (broad SMARTS) is 1. The lowest BCUT2D eigenvalue weighted by atomic mass is 10.1. The van der Waals surface area contributed by atoms with Gasteiger partial charge in [0, 0.05) is 24.5 Å². The number of hydrogen-bond donors (Lipinski definition) is 1. The predicted molar refractivity (Wildman–Crippen MR) is 68.2 cm³/mol. The van der Waals surface area contributed by atoms with E-state index in [0.717, 1.165) is 11.4 Å². The summed E-state index contributed by atoms with van der Waals surface area (Å²) >= 11 is 0. The van der Waals surface area contributed by atoms with Crippen LogP contribution in [0.4, 0.5) is 5.95 Å². The van der Waals surface area contributed by atoms with Crippen molar-refractivity contribution in [2.45, 2.75) is 20.3 Å². The number of rotatable bonds is 2. The van der Waals surface area contributed by atoms with Crippen LogP contribution >= 0.6 is 0 Å². The smallest absolute Gasteiger partial charge is 0.308 e. The molecule has 0 spiro atoms. The summed E-state index contributed by atoms with van der Waals surface area (Å²) in [6, 6.07) is 1.94. The Kier molecular flexibility index (Phi) is 2.62. The Hall–Kier alpha value is -2.18. The second-order valence-corrected chi connectivity index (χ2v) is 4.93. The van der Waals surface area contributed by atoms with E-state index in [2.05, 4.69) is 15.1 Å². The Morgan fingerprint density at radius 3 is 2.89 bits per heavy atom. The van der Waals surface area contributed by atoms with Gasteiger partial charge in [-0.3, -0.25) is 4.79 Å². The largest absolute Gasteiger partial charge is 0.481 e. The Morgan fingerprint density at radius 1 is 1.42 bits per heavy atom. The lowest BCUT2D eigenvalue weighted by Gasteiger charge is -2.11. The van der Waals surface area contributed by atoms with Gasteiger partial charge in [0.2, 0.25) is 5.95 Å². The third-order valence-corrected chi connectivity index (χ3v) is 3.43. The number of fused-ring (bicyclic) bond motifs is 1. The van der Waals surface area contributed by atoms with E-state index in [0.29, 0.717) is 31.2 Å². The van der Waals surface area contributed by atoms with Crippen molar-refractivity contribution in [1.29, 1.82) is 0 Å². The van der Waals surface area contributed by atoms with Crippen molar-refractivity contribution in [3.8, 4) is 0 Å². The second-order valence-electron chi connectivity index (χ2n) is 4.93. The quantitative estimate of drug-likeness (QED) is 0.854. The molecule has 0 radical (unpaired) electrons. The summed E-state index contributed by atoms with van der Waals surface area (Å²) in [7, 11) is 0. The maximum Gasteiger partial charge on any atom is 0.308 e. The highest BCUT2D eigenvalue weighted by atomic mass is 16.4. The molecule has 1 aliphatic heterocycles. The van der Waals surface area contributed by atoms with Crippen LogP contribution in [0.3, 0.4) is 0 Å². The van der Waals surface area contributed by atoms with Crippen LogP contribution in [0.5, 0.6) is 0 Å². The fourth-order valence-corrected chi connectivity index (χ4v) is 2.43. The average molecular weight is 261 g/mol. The van der Waals surface area contributed by atoms with Gasteiger partial charge in [-0.2, -0.15) is 9.50 Å². The number of nitrogens with zero attached hydrogens (tertiary/aromatic N) is 5. The molecule has 2 aromatic rings. The van der Waals surface area contributed by atoms with E-state index in [9.17, 15) is 4.79 Å². The van der Waals surface area contributed by atoms with E-state index in [-0.39, 0.29) is 5.92 Å². The fraction of sp³-hybridized carbons (Fsp3) is 0.500. The van der Waals surface area contributed by atoms with Crippen molar-refractivity contribution in [2.24, 2.45) is 5.92 Å². The Labute approximate surface area is 109 Å². The molecule has 19 heavy (non-hydrogen) atoms. The van der Waals surface area contributed by atoms with Crippen molar-refractivity contribution in [1.82, 2.24) is 19.6 Å². The van der Waals surface area contributed by atoms with E-state index in [1.54, 1.807) is 4.52 Å². The minimum Gasteiger partial charge on any atom is -0.481 e. The molecule has 1 saturated heterocycles. The molecule has 3 rings (SSSR count). The molecule has 0 aromatic carbocycles. The van der Waals surface area contributed by atoms with Crippen LogP contribution in [0.25, 0.3) is 5.78 Å². The second kappa shape index (κ2) is 4.18. The molecule has 1 unspecified atom stereocenters. The van der Waals surface area contributed by atoms with Gasteiger partial charge in [0.05, 0.1) is 5.92 Å². The van der Waals surface area contributed by atoms with Crippen LogP contribution in [0.1, 0.15) is 17.8 Å². The Morgan fingerprint density at radius 2 is 2.21 bits per heavy atom. The highest BCUT2D eigenvalue weighted by Crippen LogP contribution is 2.21. The van der Waals surface area contributed by atoms with E-state index in [1.807, 2.05) is 24.8 Å². The molecule has 0 aliphatic carbocycles. The maximum atomic E-state index is 11.0. The van der Waals surface area contributed by atoms with Gasteiger partial charge in [0.15, 0.2) is 0 Å². The predicted octanol–water partition coefficient (Wildman–Crippen LogP) is 0.652. The van der Waals surface area contributed by atoms with Gasteiger partial charge in [-0.1, -0.05) is 0 Å². The van der Waals surface area contributed by atoms with Crippen molar-refractivity contribution in [2.75, 3.05) is 18.0 Å². The van der Waals surface area contributed by atoms with Crippen molar-refractivity contribution in [3.63, 3.8) is 0 Å². The summed E-state index contributed by atoms with van der Waals surface area (Å²) in [6.07, 6.45) is 0.635. The number of aryl methyl sites for hydroxylation is 2. The van der Waals surface area contributed by atoms with E-state index >= 15 is 0 Å². The molecule has 0 amide bonds. The molecule has 7 heteroatoms. The molecule has 3 heterocycles. The summed E-state index contributed by atoms with van der Waals surface area (Å²) in [5.41, 5.74) is 1.86. The van der Waals surface area contributed by atoms with Gasteiger partial charge in [-0.05, 0) is 26.3 Å². The Balaban J connectivity index is 1.94. The van der Waals surface area contributed by atoms with E-state index in [1.165, 1.54) is 0 Å². The molecule has 0 saturated carbocycles. The van der Waals surface area contributed by atoms with Gasteiger partial charge in [0.25, 0.3) is 5.78 Å². The molecule has 1 aliphatic rings. The molecule has 1 fully saturated rings. The molecule has 7 nitrogen and oxygen atoms in total. The first-order valence-corrected chi connectivity index (χ1v) is 6.23. The zero-order valence-electron chi connectivity index (χ0n) is 10.9. The standard InChI is InChI=1S/C12H15N5O2/c1-7-5-8(2)17-11(13-7)14-12(15-17)16-4-3-9(6-16)10(18)19/h5,9H,3-4,6H2,1-2H3,(H,18,19). The lowest BCUT2D eigenvalue weighted by Crippen LogP contribution is -2.23. The number of hydrogen-bond acceptors (Lipinski definition) is 5. The van der Waals surface area contributed by atoms with Gasteiger partial charge in [0.1, 0.15) is 0 Å². The number of aliphatic carboxylic acids is 1. The third-order valence-electron chi connectivity index (χ3n) is 3.43. The first-order valence-electron chi connectivity index (χ1n) is 6.23. The van der Waals surface area contributed by atoms with E-state index in [4.69, 9.17) is 5.11 Å². The first-order chi connectivity index (χ1) is 9.04. The minimum atomic E-state index is -0.753. The topological polar surface area (TPSA) is 83.6 Å². The van der Waals surface area contributed by atoms with Crippen molar-refractivity contribution >= 4 is 17.7 Å². The van der Waals surface area contributed by atoms with Crippen LogP contribution in [-0.2, 0) is 4.79 Å². The number of aromatic nitrogens is 4. The summed E-state index contributed by atoms with van der Waals surface area (Å²) < 4.78 is 1.69. The van der Waals surface area contributed by atoms with Crippen LogP contribution in [0, 0.1) is 19.8 Å². The van der Waals surface area contributed by atoms with Gasteiger partial charge in [-0.15, -0.1) is 5.10 Å². The normalized spacial score (nSPS) is 19.3. The number of anilines is 1.